The van der Waals surface area contributed by atoms with Gasteiger partial charge in [0.05, 0.1) is 12.0 Å². The molecule has 0 heterocycles. The predicted octanol–water partition coefficient (Wildman–Crippen LogP) is 0.775. The first kappa shape index (κ1) is 15.7. The van der Waals surface area contributed by atoms with Crippen LogP contribution in [0.2, 0.25) is 0 Å². The van der Waals surface area contributed by atoms with Crippen LogP contribution in [-0.4, -0.2) is 55.9 Å². The number of ether oxygens (including phenoxy) is 1. The van der Waals surface area contributed by atoms with E-state index in [0.717, 1.165) is 0 Å². The summed E-state index contributed by atoms with van der Waals surface area (Å²) in [5.41, 5.74) is -0.919. The van der Waals surface area contributed by atoms with Gasteiger partial charge in [0.2, 0.25) is 0 Å². The van der Waals surface area contributed by atoms with E-state index in [1.807, 2.05) is 0 Å². The van der Waals surface area contributed by atoms with Gasteiger partial charge < -0.3 is 20.1 Å². The zero-order valence-electron chi connectivity index (χ0n) is 10.9. The Balaban J connectivity index is 4.18. The van der Waals surface area contributed by atoms with E-state index >= 15 is 0 Å². The molecule has 0 saturated carbocycles. The SMILES string of the molecule is CCC(C)(CNC(=O)N(C)CCOC)C(=O)O. The first-order valence-electron chi connectivity index (χ1n) is 5.58. The van der Waals surface area contributed by atoms with E-state index in [4.69, 9.17) is 9.84 Å². The highest BCUT2D eigenvalue weighted by atomic mass is 16.5. The third-order valence-electron chi connectivity index (χ3n) is 2.90. The lowest BCUT2D eigenvalue weighted by Crippen LogP contribution is -2.45. The van der Waals surface area contributed by atoms with Gasteiger partial charge in [-0.25, -0.2) is 4.79 Å². The Morgan fingerprint density at radius 2 is 2.06 bits per heavy atom. The molecule has 1 unspecified atom stereocenters. The summed E-state index contributed by atoms with van der Waals surface area (Å²) in [7, 11) is 3.20. The predicted molar refractivity (Wildman–Crippen MR) is 63.9 cm³/mol. The lowest BCUT2D eigenvalue weighted by Gasteiger charge is -2.25. The van der Waals surface area contributed by atoms with Gasteiger partial charge in [0.1, 0.15) is 0 Å². The van der Waals surface area contributed by atoms with Gasteiger partial charge in [0, 0.05) is 27.2 Å². The van der Waals surface area contributed by atoms with E-state index in [1.165, 1.54) is 4.90 Å². The van der Waals surface area contributed by atoms with Crippen molar-refractivity contribution in [1.29, 1.82) is 0 Å². The van der Waals surface area contributed by atoms with Gasteiger partial charge in [-0.1, -0.05) is 6.92 Å². The van der Waals surface area contributed by atoms with Gasteiger partial charge in [-0.3, -0.25) is 4.79 Å². The van der Waals surface area contributed by atoms with E-state index in [1.54, 1.807) is 28.0 Å². The first-order valence-corrected chi connectivity index (χ1v) is 5.58. The average Bonchev–Trinajstić information content (AvgIpc) is 2.31. The van der Waals surface area contributed by atoms with Crippen molar-refractivity contribution in [1.82, 2.24) is 10.2 Å². The Hall–Kier alpha value is -1.30. The van der Waals surface area contributed by atoms with Gasteiger partial charge in [0.15, 0.2) is 0 Å². The molecule has 0 rings (SSSR count). The molecule has 100 valence electrons. The molecule has 0 aliphatic rings. The Morgan fingerprint density at radius 1 is 1.47 bits per heavy atom. The number of likely N-dealkylation sites (N-methyl/N-ethyl adjacent to an activating group) is 1. The number of rotatable bonds is 7. The molecule has 0 saturated heterocycles. The van der Waals surface area contributed by atoms with E-state index in [9.17, 15) is 9.59 Å². The number of aliphatic carboxylic acids is 1. The van der Waals surface area contributed by atoms with E-state index in [0.29, 0.717) is 19.6 Å². The first-order chi connectivity index (χ1) is 7.87. The Labute approximate surface area is 102 Å². The molecule has 6 nitrogen and oxygen atoms in total. The zero-order valence-corrected chi connectivity index (χ0v) is 10.9. The molecule has 0 aliphatic carbocycles. The number of urea groups is 1. The van der Waals surface area contributed by atoms with Crippen LogP contribution >= 0.6 is 0 Å². The van der Waals surface area contributed by atoms with Crippen molar-refractivity contribution < 1.29 is 19.4 Å². The minimum absolute atomic E-state index is 0.120. The summed E-state index contributed by atoms with van der Waals surface area (Å²) in [6, 6.07) is -0.289. The fraction of sp³-hybridized carbons (Fsp3) is 0.818. The summed E-state index contributed by atoms with van der Waals surface area (Å²) in [5.74, 6) is -0.903. The summed E-state index contributed by atoms with van der Waals surface area (Å²) in [6.45, 7) is 4.45. The highest BCUT2D eigenvalue weighted by Gasteiger charge is 2.31. The second kappa shape index (κ2) is 7.11. The van der Waals surface area contributed by atoms with E-state index in [2.05, 4.69) is 5.32 Å². The number of hydrogen-bond donors (Lipinski definition) is 2. The van der Waals surface area contributed by atoms with Gasteiger partial charge >= 0.3 is 12.0 Å². The summed E-state index contributed by atoms with van der Waals surface area (Å²) >= 11 is 0. The van der Waals surface area contributed by atoms with Gasteiger partial charge in [-0.2, -0.15) is 0 Å². The molecule has 6 heteroatoms. The van der Waals surface area contributed by atoms with Crippen molar-refractivity contribution in [3.8, 4) is 0 Å². The number of carboxylic acids is 1. The van der Waals surface area contributed by atoms with Crippen molar-refractivity contribution >= 4 is 12.0 Å². The van der Waals surface area contributed by atoms with Crippen LogP contribution in [0.4, 0.5) is 4.79 Å². The zero-order chi connectivity index (χ0) is 13.5. The number of carboxylic acid groups (broad SMARTS) is 1. The molecule has 2 amide bonds. The Morgan fingerprint density at radius 3 is 2.47 bits per heavy atom. The molecule has 2 N–H and O–H groups in total. The molecular formula is C11H22N2O4. The van der Waals surface area contributed by atoms with Gasteiger partial charge in [-0.05, 0) is 13.3 Å². The normalized spacial score (nSPS) is 13.9. The number of amides is 2. The summed E-state index contributed by atoms with van der Waals surface area (Å²) in [5, 5.41) is 11.7. The van der Waals surface area contributed by atoms with Crippen LogP contribution in [0.15, 0.2) is 0 Å². The van der Waals surface area contributed by atoms with Crippen molar-refractivity contribution in [3.05, 3.63) is 0 Å². The molecule has 0 fully saturated rings. The maximum atomic E-state index is 11.6. The molecule has 0 radical (unpaired) electrons. The van der Waals surface area contributed by atoms with Crippen LogP contribution in [0.25, 0.3) is 0 Å². The van der Waals surface area contributed by atoms with Crippen LogP contribution in [0.5, 0.6) is 0 Å². The van der Waals surface area contributed by atoms with Crippen molar-refractivity contribution in [2.24, 2.45) is 5.41 Å². The molecule has 17 heavy (non-hydrogen) atoms. The van der Waals surface area contributed by atoms with Crippen LogP contribution in [0, 0.1) is 5.41 Å². The smallest absolute Gasteiger partial charge is 0.317 e. The molecule has 0 aromatic carbocycles. The molecule has 0 spiro atoms. The molecule has 0 aliphatic heterocycles. The van der Waals surface area contributed by atoms with Crippen molar-refractivity contribution in [2.75, 3.05) is 33.9 Å². The topological polar surface area (TPSA) is 78.9 Å². The van der Waals surface area contributed by atoms with Crippen LogP contribution in [0.1, 0.15) is 20.3 Å². The highest BCUT2D eigenvalue weighted by Crippen LogP contribution is 2.19. The standard InChI is InChI=1S/C11H22N2O4/c1-5-11(2,9(14)15)8-12-10(16)13(3)6-7-17-4/h5-8H2,1-4H3,(H,12,16)(H,14,15). The highest BCUT2D eigenvalue weighted by molar-refractivity contribution is 5.77. The Bertz CT molecular complexity index is 270. The van der Waals surface area contributed by atoms with Crippen molar-refractivity contribution in [3.63, 3.8) is 0 Å². The summed E-state index contributed by atoms with van der Waals surface area (Å²) in [6.07, 6.45) is 0.463. The lowest BCUT2D eigenvalue weighted by atomic mass is 9.88. The third kappa shape index (κ3) is 5.04. The number of carbonyl (C=O) groups excluding carboxylic acids is 1. The number of carbonyl (C=O) groups is 2. The van der Waals surface area contributed by atoms with E-state index in [-0.39, 0.29) is 12.6 Å². The molecule has 0 bridgehead atoms. The number of methoxy groups -OCH3 is 1. The quantitative estimate of drug-likeness (QED) is 0.695. The fourth-order valence-electron chi connectivity index (χ4n) is 1.09. The summed E-state index contributed by atoms with van der Waals surface area (Å²) in [4.78, 5) is 24.1. The molecule has 1 atom stereocenters. The average molecular weight is 246 g/mol. The maximum Gasteiger partial charge on any atom is 0.317 e. The minimum Gasteiger partial charge on any atom is -0.481 e. The van der Waals surface area contributed by atoms with Gasteiger partial charge in [0.25, 0.3) is 0 Å². The Kier molecular flexibility index (Phi) is 6.57. The second-order valence-electron chi connectivity index (χ2n) is 4.29. The number of nitrogens with one attached hydrogen (secondary N) is 1. The van der Waals surface area contributed by atoms with Crippen molar-refractivity contribution in [2.45, 2.75) is 20.3 Å². The monoisotopic (exact) mass is 246 g/mol. The largest absolute Gasteiger partial charge is 0.481 e. The van der Waals surface area contributed by atoms with Crippen LogP contribution in [-0.2, 0) is 9.53 Å². The van der Waals surface area contributed by atoms with Gasteiger partial charge in [-0.15, -0.1) is 0 Å². The molecule has 0 aromatic rings. The molecule has 0 aromatic heterocycles. The maximum absolute atomic E-state index is 11.6. The van der Waals surface area contributed by atoms with E-state index < -0.39 is 11.4 Å². The fourth-order valence-corrected chi connectivity index (χ4v) is 1.09. The summed E-state index contributed by atoms with van der Waals surface area (Å²) < 4.78 is 4.85. The molecular weight excluding hydrogens is 224 g/mol. The number of nitrogens with zero attached hydrogens (tertiary/aromatic N) is 1. The minimum atomic E-state index is -0.919. The second-order valence-corrected chi connectivity index (χ2v) is 4.29. The number of hydrogen-bond acceptors (Lipinski definition) is 3. The lowest BCUT2D eigenvalue weighted by molar-refractivity contribution is -0.147. The van der Waals surface area contributed by atoms with Crippen LogP contribution in [0.3, 0.4) is 0 Å². The third-order valence-corrected chi connectivity index (χ3v) is 2.90. The van der Waals surface area contributed by atoms with Crippen LogP contribution < -0.4 is 5.32 Å².